The summed E-state index contributed by atoms with van der Waals surface area (Å²) in [6, 6.07) is 3.48. The zero-order chi connectivity index (χ0) is 24.3. The van der Waals surface area contributed by atoms with Crippen molar-refractivity contribution in [2.45, 2.75) is 61.9 Å². The fourth-order valence-corrected chi connectivity index (χ4v) is 6.79. The third-order valence-electron chi connectivity index (χ3n) is 7.29. The molecule has 0 atom stereocenters. The number of imidazole rings is 1. The fraction of sp³-hybridized carbons (Fsp3) is 0.583. The number of nitrogens with zero attached hydrogens (tertiary/aromatic N) is 4. The van der Waals surface area contributed by atoms with Gasteiger partial charge in [-0.2, -0.15) is 4.31 Å². The monoisotopic (exact) mass is 530 g/mol. The number of benzene rings is 1. The number of sulfonamides is 1. The molecule has 0 radical (unpaired) electrons. The molecule has 2 fully saturated rings. The van der Waals surface area contributed by atoms with Gasteiger partial charge in [-0.25, -0.2) is 22.2 Å². The molecule has 2 aliphatic rings. The zero-order valence-electron chi connectivity index (χ0n) is 20.0. The Kier molecular flexibility index (Phi) is 9.06. The van der Waals surface area contributed by atoms with Gasteiger partial charge in [0.1, 0.15) is 11.6 Å². The van der Waals surface area contributed by atoms with Gasteiger partial charge in [-0.15, -0.1) is 12.4 Å². The largest absolute Gasteiger partial charge is 0.339 e. The maximum atomic E-state index is 14.1. The van der Waals surface area contributed by atoms with E-state index in [0.29, 0.717) is 32.6 Å². The van der Waals surface area contributed by atoms with Gasteiger partial charge in [-0.3, -0.25) is 9.69 Å². The van der Waals surface area contributed by atoms with Crippen LogP contribution in [0.15, 0.2) is 35.7 Å². The number of carbonyl (C=O) groups excluding carboxylic acids is 1. The normalized spacial score (nSPS) is 19.6. The lowest BCUT2D eigenvalue weighted by atomic mass is 9.82. The van der Waals surface area contributed by atoms with E-state index >= 15 is 0 Å². The van der Waals surface area contributed by atoms with Gasteiger partial charge >= 0.3 is 0 Å². The van der Waals surface area contributed by atoms with Crippen molar-refractivity contribution in [2.24, 2.45) is 7.05 Å². The quantitative estimate of drug-likeness (QED) is 0.396. The zero-order valence-corrected chi connectivity index (χ0v) is 21.6. The van der Waals surface area contributed by atoms with E-state index < -0.39 is 33.0 Å². The predicted molar refractivity (Wildman–Crippen MR) is 131 cm³/mol. The van der Waals surface area contributed by atoms with Crippen molar-refractivity contribution in [2.75, 3.05) is 26.2 Å². The van der Waals surface area contributed by atoms with Crippen LogP contribution in [0.3, 0.4) is 0 Å². The van der Waals surface area contributed by atoms with Crippen LogP contribution in [0.25, 0.3) is 0 Å². The van der Waals surface area contributed by atoms with Crippen molar-refractivity contribution < 1.29 is 22.0 Å². The van der Waals surface area contributed by atoms with E-state index in [1.165, 1.54) is 22.9 Å². The molecule has 7 nitrogen and oxygen atoms in total. The molecule has 2 heterocycles. The van der Waals surface area contributed by atoms with Gasteiger partial charge < -0.3 is 4.57 Å². The lowest BCUT2D eigenvalue weighted by molar-refractivity contribution is 0.0319. The molecule has 4 rings (SSSR count). The van der Waals surface area contributed by atoms with E-state index in [1.807, 2.05) is 0 Å². The maximum absolute atomic E-state index is 14.1. The number of carbonyl (C=O) groups is 1. The van der Waals surface area contributed by atoms with Gasteiger partial charge in [0, 0.05) is 51.4 Å². The fourth-order valence-electron chi connectivity index (χ4n) is 5.40. The molecule has 2 aromatic rings. The van der Waals surface area contributed by atoms with Gasteiger partial charge in [-0.05, 0) is 31.4 Å². The molecule has 0 N–H and O–H groups in total. The van der Waals surface area contributed by atoms with Gasteiger partial charge in [-0.1, -0.05) is 31.7 Å². The van der Waals surface area contributed by atoms with Crippen LogP contribution in [-0.2, 0) is 17.1 Å². The molecule has 1 saturated heterocycles. The molecule has 0 unspecified atom stereocenters. The first-order valence-electron chi connectivity index (χ1n) is 11.9. The molecular formula is C24H33ClF2N4O3S. The van der Waals surface area contributed by atoms with Gasteiger partial charge in [0.25, 0.3) is 10.0 Å². The highest BCUT2D eigenvalue weighted by molar-refractivity contribution is 7.89. The van der Waals surface area contributed by atoms with Crippen LogP contribution in [-0.4, -0.2) is 64.7 Å². The molecule has 0 bridgehead atoms. The average molecular weight is 531 g/mol. The molecule has 1 aliphatic heterocycles. The van der Waals surface area contributed by atoms with E-state index in [9.17, 15) is 22.0 Å². The Hall–Kier alpha value is -1.88. The van der Waals surface area contributed by atoms with Crippen LogP contribution in [0, 0.1) is 11.6 Å². The highest BCUT2D eigenvalue weighted by Gasteiger charge is 2.41. The Morgan fingerprint density at radius 1 is 1.03 bits per heavy atom. The number of aryl methyl sites for hydroxylation is 1. The van der Waals surface area contributed by atoms with Crippen LogP contribution < -0.4 is 0 Å². The Morgan fingerprint density at radius 2 is 1.63 bits per heavy atom. The molecule has 0 spiro atoms. The highest BCUT2D eigenvalue weighted by atomic mass is 35.5. The second kappa shape index (κ2) is 11.5. The second-order valence-electron chi connectivity index (χ2n) is 9.43. The van der Waals surface area contributed by atoms with Gasteiger partial charge in [0.05, 0.1) is 11.9 Å². The van der Waals surface area contributed by atoms with Crippen LogP contribution in [0.4, 0.5) is 8.78 Å². The maximum Gasteiger partial charge on any atom is 0.262 e. The molecule has 0 amide bonds. The molecule has 1 saturated carbocycles. The summed E-state index contributed by atoms with van der Waals surface area (Å²) < 4.78 is 57.3. The lowest BCUT2D eigenvalue weighted by Crippen LogP contribution is -2.58. The molecule has 11 heteroatoms. The van der Waals surface area contributed by atoms with E-state index in [1.54, 1.807) is 11.6 Å². The Bertz CT molecular complexity index is 1110. The molecule has 35 heavy (non-hydrogen) atoms. The van der Waals surface area contributed by atoms with Crippen molar-refractivity contribution in [3.8, 4) is 0 Å². The summed E-state index contributed by atoms with van der Waals surface area (Å²) in [4.78, 5) is 19.1. The highest BCUT2D eigenvalue weighted by Crippen LogP contribution is 2.38. The summed E-state index contributed by atoms with van der Waals surface area (Å²) in [7, 11) is -1.93. The van der Waals surface area contributed by atoms with Crippen molar-refractivity contribution in [1.29, 1.82) is 0 Å². The molecule has 194 valence electrons. The molecular weight excluding hydrogens is 498 g/mol. The Morgan fingerprint density at radius 3 is 2.17 bits per heavy atom. The number of hydrogen-bond acceptors (Lipinski definition) is 5. The summed E-state index contributed by atoms with van der Waals surface area (Å²) >= 11 is 0. The van der Waals surface area contributed by atoms with Crippen LogP contribution in [0.1, 0.15) is 61.7 Å². The molecule has 1 aromatic carbocycles. The summed E-state index contributed by atoms with van der Waals surface area (Å²) in [6.07, 6.45) is 9.61. The minimum absolute atomic E-state index is 0. The van der Waals surface area contributed by atoms with Crippen LogP contribution >= 0.6 is 12.4 Å². The van der Waals surface area contributed by atoms with Crippen LogP contribution in [0.5, 0.6) is 0 Å². The minimum atomic E-state index is -3.66. The van der Waals surface area contributed by atoms with Crippen molar-refractivity contribution >= 4 is 28.2 Å². The van der Waals surface area contributed by atoms with Gasteiger partial charge in [0.15, 0.2) is 10.8 Å². The van der Waals surface area contributed by atoms with E-state index in [-0.39, 0.29) is 29.4 Å². The first kappa shape index (κ1) is 27.7. The first-order valence-corrected chi connectivity index (χ1v) is 13.4. The van der Waals surface area contributed by atoms with Crippen molar-refractivity contribution in [1.82, 2.24) is 18.8 Å². The Labute approximate surface area is 212 Å². The first-order chi connectivity index (χ1) is 16.2. The van der Waals surface area contributed by atoms with E-state index in [4.69, 9.17) is 0 Å². The summed E-state index contributed by atoms with van der Waals surface area (Å²) in [5.41, 5.74) is -0.730. The van der Waals surface area contributed by atoms with E-state index in [2.05, 4.69) is 9.88 Å². The summed E-state index contributed by atoms with van der Waals surface area (Å²) in [6.45, 7) is 1.79. The number of ketones is 1. The molecule has 1 aliphatic carbocycles. The Balaban J connectivity index is 0.00000342. The SMILES string of the molecule is Cl.Cn1cnc(S(=O)(=O)N2CCN(C3(CCC(=O)c4c(F)cccc4F)CCCCCC3)CC2)c1. The smallest absolute Gasteiger partial charge is 0.262 e. The number of halogens is 3. The van der Waals surface area contributed by atoms with Crippen molar-refractivity contribution in [3.05, 3.63) is 47.9 Å². The topological polar surface area (TPSA) is 75.5 Å². The third kappa shape index (κ3) is 5.93. The van der Waals surface area contributed by atoms with Crippen molar-refractivity contribution in [3.63, 3.8) is 0 Å². The lowest BCUT2D eigenvalue weighted by Gasteiger charge is -2.47. The van der Waals surface area contributed by atoms with Crippen LogP contribution in [0.2, 0.25) is 0 Å². The number of rotatable bonds is 7. The third-order valence-corrected chi connectivity index (χ3v) is 9.07. The van der Waals surface area contributed by atoms with E-state index in [0.717, 1.165) is 50.7 Å². The summed E-state index contributed by atoms with van der Waals surface area (Å²) in [5.74, 6) is -2.17. The average Bonchev–Trinajstić information content (AvgIpc) is 3.12. The number of aromatic nitrogens is 2. The second-order valence-corrected chi connectivity index (χ2v) is 11.3. The number of piperazine rings is 1. The minimum Gasteiger partial charge on any atom is -0.339 e. The van der Waals surface area contributed by atoms with Gasteiger partial charge in [0.2, 0.25) is 0 Å². The summed E-state index contributed by atoms with van der Waals surface area (Å²) in [5, 5.41) is 0.0464. The number of Topliss-reactive ketones (excluding diaryl/α,β-unsaturated/α-hetero) is 1. The standard InChI is InChI=1S/C24H32F2N4O3S.ClH/c1-28-17-22(27-18-28)34(32,33)30-15-13-29(14-16-30)24(10-4-2-3-5-11-24)12-9-21(31)23-19(25)7-6-8-20(23)26;/h6-8,17-18H,2-5,9-16H2,1H3;1H. The predicted octanol–water partition coefficient (Wildman–Crippen LogP) is 4.18. The molecule has 1 aromatic heterocycles. The number of hydrogen-bond donors (Lipinski definition) is 0.